The molecular weight excluding hydrogens is 322 g/mol. The number of hydrogen-bond donors (Lipinski definition) is 0. The van der Waals surface area contributed by atoms with Crippen molar-refractivity contribution >= 4 is 16.2 Å². The number of rotatable bonds is 2. The van der Waals surface area contributed by atoms with Crippen molar-refractivity contribution in [3.05, 3.63) is 0 Å². The van der Waals surface area contributed by atoms with Crippen molar-refractivity contribution in [3.63, 3.8) is 0 Å². The van der Waals surface area contributed by atoms with E-state index in [1.807, 2.05) is 0 Å². The minimum Gasteiger partial charge on any atom is -0.444 e. The average Bonchev–Trinajstić information content (AvgIpc) is 2.55. The van der Waals surface area contributed by atoms with Crippen molar-refractivity contribution in [1.29, 1.82) is 0 Å². The van der Waals surface area contributed by atoms with Gasteiger partial charge in [0, 0.05) is 0 Å². The molecule has 0 spiro atoms. The second-order valence-electron chi connectivity index (χ2n) is 5.44. The number of carbonyl (C=O) groups is 1. The molecule has 0 unspecified atom stereocenters. The summed E-state index contributed by atoms with van der Waals surface area (Å²) in [4.78, 5) is 12.4. The number of nitrogens with zero attached hydrogens (tertiary/aromatic N) is 1. The summed E-state index contributed by atoms with van der Waals surface area (Å²) in [5.74, 6) is 0. The number of alkyl halides is 4. The molecular formula is C10H15F4NO5S. The Morgan fingerprint density at radius 2 is 1.71 bits per heavy atom. The SMILES string of the molecule is CC(C)(C)OC(=O)N1C[C@H](OS(=O)(=O)C(F)(F)F)[C@@H](F)C1. The summed E-state index contributed by atoms with van der Waals surface area (Å²) >= 11 is 0. The number of amides is 1. The van der Waals surface area contributed by atoms with Crippen LogP contribution in [0.15, 0.2) is 0 Å². The maximum absolute atomic E-state index is 13.5. The lowest BCUT2D eigenvalue weighted by molar-refractivity contribution is -0.0586. The monoisotopic (exact) mass is 337 g/mol. The minimum absolute atomic E-state index is 0.604. The molecule has 0 radical (unpaired) electrons. The Labute approximate surface area is 119 Å². The van der Waals surface area contributed by atoms with Gasteiger partial charge in [0.1, 0.15) is 17.9 Å². The van der Waals surface area contributed by atoms with Crippen LogP contribution in [0.25, 0.3) is 0 Å². The molecule has 1 aliphatic rings. The first kappa shape index (κ1) is 18.0. The molecule has 1 fully saturated rings. The van der Waals surface area contributed by atoms with E-state index in [1.165, 1.54) is 0 Å². The summed E-state index contributed by atoms with van der Waals surface area (Å²) in [5, 5.41) is 0. The fourth-order valence-electron chi connectivity index (χ4n) is 1.52. The van der Waals surface area contributed by atoms with E-state index in [0.29, 0.717) is 0 Å². The third-order valence-electron chi connectivity index (χ3n) is 2.38. The first-order chi connectivity index (χ1) is 9.23. The van der Waals surface area contributed by atoms with Crippen LogP contribution in [0, 0.1) is 0 Å². The van der Waals surface area contributed by atoms with Gasteiger partial charge >= 0.3 is 21.7 Å². The predicted octanol–water partition coefficient (Wildman–Crippen LogP) is 1.81. The zero-order chi connectivity index (χ0) is 16.6. The molecule has 0 aliphatic carbocycles. The molecule has 0 N–H and O–H groups in total. The maximum Gasteiger partial charge on any atom is 0.523 e. The molecule has 0 aromatic carbocycles. The highest BCUT2D eigenvalue weighted by molar-refractivity contribution is 7.87. The van der Waals surface area contributed by atoms with E-state index in [1.54, 1.807) is 20.8 Å². The number of halogens is 4. The Morgan fingerprint density at radius 1 is 1.19 bits per heavy atom. The number of hydrogen-bond acceptors (Lipinski definition) is 5. The van der Waals surface area contributed by atoms with Crippen LogP contribution >= 0.6 is 0 Å². The third-order valence-corrected chi connectivity index (χ3v) is 3.45. The third kappa shape index (κ3) is 4.70. The first-order valence-electron chi connectivity index (χ1n) is 5.84. The van der Waals surface area contributed by atoms with Gasteiger partial charge in [0.25, 0.3) is 0 Å². The lowest BCUT2D eigenvalue weighted by atomic mass is 10.2. The topological polar surface area (TPSA) is 72.9 Å². The highest BCUT2D eigenvalue weighted by Gasteiger charge is 2.51. The second-order valence-corrected chi connectivity index (χ2v) is 7.00. The molecule has 21 heavy (non-hydrogen) atoms. The molecule has 1 amide bonds. The Morgan fingerprint density at radius 3 is 2.14 bits per heavy atom. The van der Waals surface area contributed by atoms with Gasteiger partial charge in [-0.3, -0.25) is 4.18 Å². The van der Waals surface area contributed by atoms with Gasteiger partial charge < -0.3 is 9.64 Å². The molecule has 0 bridgehead atoms. The zero-order valence-corrected chi connectivity index (χ0v) is 12.3. The summed E-state index contributed by atoms with van der Waals surface area (Å²) in [6, 6.07) is 0. The van der Waals surface area contributed by atoms with Gasteiger partial charge in [0.2, 0.25) is 0 Å². The predicted molar refractivity (Wildman–Crippen MR) is 62.6 cm³/mol. The van der Waals surface area contributed by atoms with Gasteiger partial charge in [0.15, 0.2) is 0 Å². The molecule has 2 atom stereocenters. The van der Waals surface area contributed by atoms with E-state index in [-0.39, 0.29) is 0 Å². The van der Waals surface area contributed by atoms with Crippen molar-refractivity contribution in [3.8, 4) is 0 Å². The highest BCUT2D eigenvalue weighted by Crippen LogP contribution is 2.29. The molecule has 124 valence electrons. The van der Waals surface area contributed by atoms with Crippen molar-refractivity contribution in [2.75, 3.05) is 13.1 Å². The van der Waals surface area contributed by atoms with Gasteiger partial charge in [0.05, 0.1) is 13.1 Å². The van der Waals surface area contributed by atoms with Crippen LogP contribution in [0.4, 0.5) is 22.4 Å². The van der Waals surface area contributed by atoms with Crippen molar-refractivity contribution in [2.45, 2.75) is 44.2 Å². The van der Waals surface area contributed by atoms with Crippen LogP contribution in [0.5, 0.6) is 0 Å². The van der Waals surface area contributed by atoms with Crippen LogP contribution in [0.2, 0.25) is 0 Å². The maximum atomic E-state index is 13.5. The van der Waals surface area contributed by atoms with Gasteiger partial charge in [-0.05, 0) is 20.8 Å². The smallest absolute Gasteiger partial charge is 0.444 e. The lowest BCUT2D eigenvalue weighted by Gasteiger charge is -2.24. The largest absolute Gasteiger partial charge is 0.523 e. The van der Waals surface area contributed by atoms with Crippen molar-refractivity contribution < 1.29 is 39.7 Å². The molecule has 0 aromatic heterocycles. The fraction of sp³-hybridized carbons (Fsp3) is 0.900. The summed E-state index contributed by atoms with van der Waals surface area (Å²) < 4.78 is 80.3. The Bertz CT molecular complexity index is 499. The molecule has 0 aromatic rings. The number of ether oxygens (including phenoxy) is 1. The summed E-state index contributed by atoms with van der Waals surface area (Å²) in [6.07, 6.45) is -4.93. The molecule has 1 aliphatic heterocycles. The molecule has 11 heteroatoms. The van der Waals surface area contributed by atoms with E-state index < -0.39 is 52.7 Å². The normalized spacial score (nSPS) is 24.2. The van der Waals surface area contributed by atoms with E-state index >= 15 is 0 Å². The number of likely N-dealkylation sites (tertiary alicyclic amines) is 1. The second kappa shape index (κ2) is 5.59. The standard InChI is InChI=1S/C10H15F4NO5S/c1-9(2,3)19-8(16)15-4-6(11)7(5-15)20-21(17,18)10(12,13)14/h6-7H,4-5H2,1-3H3/t6-,7-/m0/s1. The van der Waals surface area contributed by atoms with Gasteiger partial charge in [-0.15, -0.1) is 0 Å². The van der Waals surface area contributed by atoms with E-state index in [9.17, 15) is 30.8 Å². The highest BCUT2D eigenvalue weighted by atomic mass is 32.2. The van der Waals surface area contributed by atoms with Crippen LogP contribution in [-0.4, -0.2) is 55.9 Å². The Kier molecular flexibility index (Phi) is 4.78. The van der Waals surface area contributed by atoms with Crippen LogP contribution in [-0.2, 0) is 19.0 Å². The molecule has 6 nitrogen and oxygen atoms in total. The lowest BCUT2D eigenvalue weighted by Crippen LogP contribution is -2.37. The first-order valence-corrected chi connectivity index (χ1v) is 7.25. The van der Waals surface area contributed by atoms with Crippen molar-refractivity contribution in [2.24, 2.45) is 0 Å². The van der Waals surface area contributed by atoms with Crippen LogP contribution in [0.1, 0.15) is 20.8 Å². The quantitative estimate of drug-likeness (QED) is 0.436. The zero-order valence-electron chi connectivity index (χ0n) is 11.5. The molecule has 0 saturated carbocycles. The van der Waals surface area contributed by atoms with E-state index in [0.717, 1.165) is 4.90 Å². The summed E-state index contributed by atoms with van der Waals surface area (Å²) in [7, 11) is -5.92. The van der Waals surface area contributed by atoms with Crippen LogP contribution in [0.3, 0.4) is 0 Å². The minimum atomic E-state index is -5.92. The van der Waals surface area contributed by atoms with Crippen LogP contribution < -0.4 is 0 Å². The Balaban J connectivity index is 2.72. The van der Waals surface area contributed by atoms with Crippen molar-refractivity contribution in [1.82, 2.24) is 4.90 Å². The Hall–Kier alpha value is -1.10. The average molecular weight is 337 g/mol. The molecule has 1 heterocycles. The van der Waals surface area contributed by atoms with E-state index in [4.69, 9.17) is 4.74 Å². The van der Waals surface area contributed by atoms with Gasteiger partial charge in [-0.25, -0.2) is 9.18 Å². The summed E-state index contributed by atoms with van der Waals surface area (Å²) in [5.41, 5.74) is -6.52. The fourth-order valence-corrected chi connectivity index (χ4v) is 2.13. The molecule has 1 rings (SSSR count). The van der Waals surface area contributed by atoms with Gasteiger partial charge in [-0.1, -0.05) is 0 Å². The summed E-state index contributed by atoms with van der Waals surface area (Å²) in [6.45, 7) is 3.40. The van der Waals surface area contributed by atoms with Gasteiger partial charge in [-0.2, -0.15) is 21.6 Å². The molecule has 1 saturated heterocycles. The number of carbonyl (C=O) groups excluding carboxylic acids is 1. The van der Waals surface area contributed by atoms with E-state index in [2.05, 4.69) is 4.18 Å².